The van der Waals surface area contributed by atoms with Crippen molar-refractivity contribution < 1.29 is 9.53 Å². The van der Waals surface area contributed by atoms with Crippen LogP contribution in [0.2, 0.25) is 0 Å². The van der Waals surface area contributed by atoms with Gasteiger partial charge in [-0.2, -0.15) is 0 Å². The van der Waals surface area contributed by atoms with Gasteiger partial charge in [0.2, 0.25) is 5.91 Å². The van der Waals surface area contributed by atoms with Crippen molar-refractivity contribution in [1.29, 1.82) is 0 Å². The third-order valence-electron chi connectivity index (χ3n) is 3.54. The molecule has 0 fully saturated rings. The Labute approximate surface area is 139 Å². The summed E-state index contributed by atoms with van der Waals surface area (Å²) in [4.78, 5) is 12.0. The van der Waals surface area contributed by atoms with Crippen molar-refractivity contribution in [2.24, 2.45) is 0 Å². The number of amides is 1. The predicted molar refractivity (Wildman–Crippen MR) is 93.6 cm³/mol. The van der Waals surface area contributed by atoms with E-state index in [4.69, 9.17) is 4.74 Å². The maximum Gasteiger partial charge on any atom is 0.224 e. The summed E-state index contributed by atoms with van der Waals surface area (Å²) in [6.45, 7) is 4.01. The van der Waals surface area contributed by atoms with Gasteiger partial charge in [0.25, 0.3) is 0 Å². The topological polar surface area (TPSA) is 38.3 Å². The first-order valence-electron chi connectivity index (χ1n) is 7.19. The summed E-state index contributed by atoms with van der Waals surface area (Å²) in [5, 5.41) is 2.93. The monoisotopic (exact) mass is 361 g/mol. The number of nitrogens with one attached hydrogen (secondary N) is 1. The molecule has 3 nitrogen and oxygen atoms in total. The Bertz CT molecular complexity index is 683. The second kappa shape index (κ2) is 7.45. The maximum atomic E-state index is 12.0. The van der Waals surface area contributed by atoms with Gasteiger partial charge in [0.05, 0.1) is 7.11 Å². The highest BCUT2D eigenvalue weighted by molar-refractivity contribution is 9.10. The lowest BCUT2D eigenvalue weighted by Gasteiger charge is -2.09. The number of aryl methyl sites for hydroxylation is 3. The molecule has 2 rings (SSSR count). The van der Waals surface area contributed by atoms with E-state index in [9.17, 15) is 4.79 Å². The number of ether oxygens (including phenoxy) is 1. The minimum Gasteiger partial charge on any atom is -0.496 e. The molecular weight excluding hydrogens is 342 g/mol. The molecule has 116 valence electrons. The summed E-state index contributed by atoms with van der Waals surface area (Å²) in [6.07, 6.45) is 1.17. The summed E-state index contributed by atoms with van der Waals surface area (Å²) >= 11 is 3.45. The Balaban J connectivity index is 1.92. The Morgan fingerprint density at radius 3 is 2.55 bits per heavy atom. The Kier molecular flexibility index (Phi) is 5.61. The molecule has 0 aromatic heterocycles. The van der Waals surface area contributed by atoms with Crippen LogP contribution in [0.4, 0.5) is 5.69 Å². The SMILES string of the molecule is COc1ccc(CCC(=O)Nc2ccc(Br)c(C)c2)cc1C. The lowest BCUT2D eigenvalue weighted by atomic mass is 10.1. The first-order chi connectivity index (χ1) is 10.5. The van der Waals surface area contributed by atoms with Gasteiger partial charge in [0.15, 0.2) is 0 Å². The van der Waals surface area contributed by atoms with Crippen molar-refractivity contribution in [2.75, 3.05) is 12.4 Å². The molecule has 0 aliphatic rings. The fourth-order valence-corrected chi connectivity index (χ4v) is 2.55. The zero-order valence-corrected chi connectivity index (χ0v) is 14.7. The number of carbonyl (C=O) groups is 1. The van der Waals surface area contributed by atoms with E-state index in [0.717, 1.165) is 32.6 Å². The van der Waals surface area contributed by atoms with Gasteiger partial charge < -0.3 is 10.1 Å². The zero-order valence-electron chi connectivity index (χ0n) is 13.1. The average molecular weight is 362 g/mol. The zero-order chi connectivity index (χ0) is 16.1. The third-order valence-corrected chi connectivity index (χ3v) is 4.43. The molecule has 0 bridgehead atoms. The Morgan fingerprint density at radius 1 is 1.14 bits per heavy atom. The van der Waals surface area contributed by atoms with Gasteiger partial charge in [-0.3, -0.25) is 4.79 Å². The molecule has 0 radical (unpaired) electrons. The highest BCUT2D eigenvalue weighted by Gasteiger charge is 2.06. The molecule has 0 unspecified atom stereocenters. The van der Waals surface area contributed by atoms with Crippen molar-refractivity contribution in [1.82, 2.24) is 0 Å². The Hall–Kier alpha value is -1.81. The molecule has 1 amide bonds. The lowest BCUT2D eigenvalue weighted by Crippen LogP contribution is -2.12. The van der Waals surface area contributed by atoms with Crippen molar-refractivity contribution >= 4 is 27.5 Å². The summed E-state index contributed by atoms with van der Waals surface area (Å²) in [7, 11) is 1.66. The third kappa shape index (κ3) is 4.34. The van der Waals surface area contributed by atoms with E-state index in [0.29, 0.717) is 12.8 Å². The van der Waals surface area contributed by atoms with E-state index >= 15 is 0 Å². The fourth-order valence-electron chi connectivity index (χ4n) is 2.30. The van der Waals surface area contributed by atoms with Crippen LogP contribution in [-0.4, -0.2) is 13.0 Å². The molecule has 0 aliphatic carbocycles. The van der Waals surface area contributed by atoms with Gasteiger partial charge in [-0.15, -0.1) is 0 Å². The highest BCUT2D eigenvalue weighted by Crippen LogP contribution is 2.21. The smallest absolute Gasteiger partial charge is 0.224 e. The van der Waals surface area contributed by atoms with Gasteiger partial charge in [-0.25, -0.2) is 0 Å². The first kappa shape index (κ1) is 16.6. The van der Waals surface area contributed by atoms with E-state index in [2.05, 4.69) is 27.3 Å². The number of anilines is 1. The molecule has 2 aromatic rings. The average Bonchev–Trinajstić information content (AvgIpc) is 2.49. The molecule has 0 saturated heterocycles. The predicted octanol–water partition coefficient (Wildman–Crippen LogP) is 4.65. The Morgan fingerprint density at radius 2 is 1.91 bits per heavy atom. The minimum absolute atomic E-state index is 0.0233. The van der Waals surface area contributed by atoms with Crippen molar-refractivity contribution in [3.63, 3.8) is 0 Å². The van der Waals surface area contributed by atoms with E-state index < -0.39 is 0 Å². The maximum absolute atomic E-state index is 12.0. The van der Waals surface area contributed by atoms with E-state index in [-0.39, 0.29) is 5.91 Å². The molecule has 2 aromatic carbocycles. The van der Waals surface area contributed by atoms with Crippen molar-refractivity contribution in [2.45, 2.75) is 26.7 Å². The fraction of sp³-hybridized carbons (Fsp3) is 0.278. The second-order valence-corrected chi connectivity index (χ2v) is 6.17. The van der Waals surface area contributed by atoms with Crippen LogP contribution in [0.25, 0.3) is 0 Å². The summed E-state index contributed by atoms with van der Waals surface area (Å²) in [5.74, 6) is 0.897. The lowest BCUT2D eigenvalue weighted by molar-refractivity contribution is -0.116. The van der Waals surface area contributed by atoms with Crippen LogP contribution < -0.4 is 10.1 Å². The van der Waals surface area contributed by atoms with Gasteiger partial charge in [-0.1, -0.05) is 28.1 Å². The first-order valence-corrected chi connectivity index (χ1v) is 7.98. The molecule has 22 heavy (non-hydrogen) atoms. The molecule has 1 N–H and O–H groups in total. The quantitative estimate of drug-likeness (QED) is 0.841. The van der Waals surface area contributed by atoms with Crippen molar-refractivity contribution in [3.05, 3.63) is 57.6 Å². The van der Waals surface area contributed by atoms with Gasteiger partial charge >= 0.3 is 0 Å². The van der Waals surface area contributed by atoms with Crippen LogP contribution in [0.15, 0.2) is 40.9 Å². The molecule has 0 atom stereocenters. The van der Waals surface area contributed by atoms with E-state index in [1.165, 1.54) is 0 Å². The van der Waals surface area contributed by atoms with Gasteiger partial charge in [0, 0.05) is 16.6 Å². The number of hydrogen-bond donors (Lipinski definition) is 1. The number of benzene rings is 2. The molecule has 4 heteroatoms. The molecule has 0 saturated carbocycles. The molecule has 0 spiro atoms. The minimum atomic E-state index is 0.0233. The normalized spacial score (nSPS) is 10.4. The van der Waals surface area contributed by atoms with Crippen LogP contribution in [0.1, 0.15) is 23.1 Å². The number of methoxy groups -OCH3 is 1. The molecule has 0 heterocycles. The standard InChI is InChI=1S/C18H20BrNO2/c1-12-11-15(6-7-16(12)19)20-18(21)9-5-14-4-8-17(22-3)13(2)10-14/h4,6-8,10-11H,5,9H2,1-3H3,(H,20,21). The highest BCUT2D eigenvalue weighted by atomic mass is 79.9. The second-order valence-electron chi connectivity index (χ2n) is 5.32. The number of hydrogen-bond acceptors (Lipinski definition) is 2. The number of halogens is 1. The summed E-state index contributed by atoms with van der Waals surface area (Å²) in [6, 6.07) is 11.8. The summed E-state index contributed by atoms with van der Waals surface area (Å²) < 4.78 is 6.28. The number of rotatable bonds is 5. The summed E-state index contributed by atoms with van der Waals surface area (Å²) in [5.41, 5.74) is 4.16. The van der Waals surface area contributed by atoms with Crippen LogP contribution in [0.3, 0.4) is 0 Å². The molecule has 0 aliphatic heterocycles. The van der Waals surface area contributed by atoms with Crippen molar-refractivity contribution in [3.8, 4) is 5.75 Å². The van der Waals surface area contributed by atoms with Crippen LogP contribution >= 0.6 is 15.9 Å². The molecular formula is C18H20BrNO2. The van der Waals surface area contributed by atoms with Crippen LogP contribution in [0, 0.1) is 13.8 Å². The van der Waals surface area contributed by atoms with E-state index in [1.807, 2.05) is 44.2 Å². The van der Waals surface area contributed by atoms with Gasteiger partial charge in [0.1, 0.15) is 5.75 Å². The largest absolute Gasteiger partial charge is 0.496 e. The number of carbonyl (C=O) groups excluding carboxylic acids is 1. The van der Waals surface area contributed by atoms with Gasteiger partial charge in [-0.05, 0) is 61.2 Å². The van der Waals surface area contributed by atoms with Crippen LogP contribution in [0.5, 0.6) is 5.75 Å². The van der Waals surface area contributed by atoms with Crippen LogP contribution in [-0.2, 0) is 11.2 Å². The van der Waals surface area contributed by atoms with E-state index in [1.54, 1.807) is 7.11 Å².